The van der Waals surface area contributed by atoms with E-state index in [9.17, 15) is 14.0 Å². The number of benzene rings is 1. The number of hydrogen-bond acceptors (Lipinski definition) is 4. The third-order valence-corrected chi connectivity index (χ3v) is 3.50. The molecule has 25 heavy (non-hydrogen) atoms. The van der Waals surface area contributed by atoms with Crippen LogP contribution < -0.4 is 9.30 Å². The minimum Gasteiger partial charge on any atom is -0.449 e. The van der Waals surface area contributed by atoms with Gasteiger partial charge >= 0.3 is 6.09 Å². The fourth-order valence-corrected chi connectivity index (χ4v) is 2.32. The van der Waals surface area contributed by atoms with E-state index in [2.05, 4.69) is 4.98 Å². The Morgan fingerprint density at radius 2 is 2.12 bits per heavy atom. The minimum absolute atomic E-state index is 0.0567. The van der Waals surface area contributed by atoms with Gasteiger partial charge in [-0.2, -0.15) is 4.79 Å². The lowest BCUT2D eigenvalue weighted by Gasteiger charge is -2.26. The average molecular weight is 348 g/mol. The minimum atomic E-state index is -1.23. The molecule has 7 nitrogen and oxygen atoms in total. The van der Waals surface area contributed by atoms with Crippen LogP contribution in [0.25, 0.3) is 0 Å². The topological polar surface area (TPSA) is 83.6 Å². The Bertz CT molecular complexity index is 795. The van der Waals surface area contributed by atoms with Gasteiger partial charge in [0.25, 0.3) is 12.2 Å². The molecule has 1 heterocycles. The second-order valence-electron chi connectivity index (χ2n) is 5.54. The summed E-state index contributed by atoms with van der Waals surface area (Å²) in [4.78, 5) is 29.0. The predicted molar refractivity (Wildman–Crippen MR) is 86.2 cm³/mol. The lowest BCUT2D eigenvalue weighted by atomic mass is 10.1. The van der Waals surface area contributed by atoms with Gasteiger partial charge < -0.3 is 14.7 Å². The summed E-state index contributed by atoms with van der Waals surface area (Å²) in [5.74, 6) is -0.710. The second-order valence-corrected chi connectivity index (χ2v) is 5.54. The molecule has 1 aromatic heterocycles. The highest BCUT2D eigenvalue weighted by atomic mass is 19.1. The first kappa shape index (κ1) is 18.3. The molecule has 0 saturated heterocycles. The van der Waals surface area contributed by atoms with Gasteiger partial charge in [-0.25, -0.2) is 4.39 Å². The van der Waals surface area contributed by atoms with E-state index < -0.39 is 11.9 Å². The van der Waals surface area contributed by atoms with Gasteiger partial charge in [0.2, 0.25) is 5.75 Å². The molecule has 0 spiro atoms. The highest BCUT2D eigenvalue weighted by Gasteiger charge is 2.22. The molecule has 0 radical (unpaired) electrons. The SMILES string of the molecule is CCN(C(=O)c1cc(F)ccc1Oc1cnc[n+](C(=O)O)c1)C(C)C. The van der Waals surface area contributed by atoms with Crippen LogP contribution in [0.4, 0.5) is 9.18 Å². The largest absolute Gasteiger partial charge is 0.509 e. The zero-order valence-corrected chi connectivity index (χ0v) is 14.1. The summed E-state index contributed by atoms with van der Waals surface area (Å²) in [6.07, 6.45) is 2.37. The number of nitrogens with zero attached hydrogens (tertiary/aromatic N) is 3. The third kappa shape index (κ3) is 4.28. The van der Waals surface area contributed by atoms with E-state index in [0.29, 0.717) is 6.54 Å². The molecule has 0 saturated carbocycles. The Kier molecular flexibility index (Phi) is 5.63. The standard InChI is InChI=1S/C17H18FN3O4/c1-4-21(11(2)3)16(22)14-7-12(18)5-6-15(14)25-13-8-19-10-20(9-13)17(23)24/h5-11H,4H2,1-3H3/p+1. The van der Waals surface area contributed by atoms with Crippen LogP contribution in [0.5, 0.6) is 11.5 Å². The van der Waals surface area contributed by atoms with E-state index in [4.69, 9.17) is 9.84 Å². The molecule has 0 aliphatic rings. The van der Waals surface area contributed by atoms with Gasteiger partial charge in [0.15, 0.2) is 6.20 Å². The number of rotatable bonds is 5. The van der Waals surface area contributed by atoms with E-state index in [1.807, 2.05) is 20.8 Å². The van der Waals surface area contributed by atoms with Crippen molar-refractivity contribution in [1.29, 1.82) is 0 Å². The quantitative estimate of drug-likeness (QED) is 0.840. The summed E-state index contributed by atoms with van der Waals surface area (Å²) in [5, 5.41) is 8.98. The van der Waals surface area contributed by atoms with Crippen LogP contribution in [0.3, 0.4) is 0 Å². The summed E-state index contributed by atoms with van der Waals surface area (Å²) >= 11 is 0. The number of carbonyl (C=O) groups is 2. The van der Waals surface area contributed by atoms with Crippen LogP contribution in [-0.4, -0.2) is 39.6 Å². The van der Waals surface area contributed by atoms with Crippen LogP contribution in [-0.2, 0) is 0 Å². The van der Waals surface area contributed by atoms with E-state index in [0.717, 1.165) is 17.0 Å². The molecule has 2 rings (SSSR count). The monoisotopic (exact) mass is 348 g/mol. The van der Waals surface area contributed by atoms with Crippen molar-refractivity contribution >= 4 is 12.0 Å². The van der Waals surface area contributed by atoms with Crippen LogP contribution in [0.2, 0.25) is 0 Å². The van der Waals surface area contributed by atoms with Crippen LogP contribution in [0, 0.1) is 5.82 Å². The molecule has 0 bridgehead atoms. The molecular formula is C17H19FN3O4+. The van der Waals surface area contributed by atoms with Crippen LogP contribution in [0.15, 0.2) is 36.9 Å². The molecule has 8 heteroatoms. The third-order valence-electron chi connectivity index (χ3n) is 3.50. The van der Waals surface area contributed by atoms with Crippen molar-refractivity contribution in [2.75, 3.05) is 6.54 Å². The smallest absolute Gasteiger partial charge is 0.449 e. The normalized spacial score (nSPS) is 10.6. The lowest BCUT2D eigenvalue weighted by Crippen LogP contribution is -2.41. The number of hydrogen-bond donors (Lipinski definition) is 1. The summed E-state index contributed by atoms with van der Waals surface area (Å²) in [6, 6.07) is 3.53. The number of halogens is 1. The molecule has 0 unspecified atom stereocenters. The van der Waals surface area contributed by atoms with Gasteiger partial charge in [0.05, 0.1) is 5.56 Å². The predicted octanol–water partition coefficient (Wildman–Crippen LogP) is 2.70. The fourth-order valence-electron chi connectivity index (χ4n) is 2.32. The van der Waals surface area contributed by atoms with Gasteiger partial charge in [-0.15, -0.1) is 4.57 Å². The Hall–Kier alpha value is -3.03. The highest BCUT2D eigenvalue weighted by Crippen LogP contribution is 2.26. The molecule has 1 N–H and O–H groups in total. The first-order valence-corrected chi connectivity index (χ1v) is 7.71. The molecular weight excluding hydrogens is 329 g/mol. The van der Waals surface area contributed by atoms with Gasteiger partial charge in [0.1, 0.15) is 17.8 Å². The van der Waals surface area contributed by atoms with Crippen LogP contribution in [0.1, 0.15) is 31.1 Å². The molecule has 0 fully saturated rings. The van der Waals surface area contributed by atoms with Crippen molar-refractivity contribution in [3.05, 3.63) is 48.3 Å². The maximum absolute atomic E-state index is 13.7. The first-order valence-electron chi connectivity index (χ1n) is 7.71. The molecule has 2 aromatic rings. The van der Waals surface area contributed by atoms with Crippen molar-refractivity contribution in [2.24, 2.45) is 0 Å². The lowest BCUT2D eigenvalue weighted by molar-refractivity contribution is -0.588. The zero-order valence-electron chi connectivity index (χ0n) is 14.1. The number of carbonyl (C=O) groups excluding carboxylic acids is 1. The van der Waals surface area contributed by atoms with Crippen LogP contribution >= 0.6 is 0 Å². The van der Waals surface area contributed by atoms with Crippen molar-refractivity contribution < 1.29 is 28.4 Å². The van der Waals surface area contributed by atoms with Crippen molar-refractivity contribution in [1.82, 2.24) is 9.88 Å². The molecule has 1 amide bonds. The Balaban J connectivity index is 2.40. The maximum atomic E-state index is 13.7. The van der Waals surface area contributed by atoms with Crippen molar-refractivity contribution in [3.8, 4) is 11.5 Å². The molecule has 1 aromatic carbocycles. The van der Waals surface area contributed by atoms with Gasteiger partial charge in [-0.3, -0.25) is 4.79 Å². The highest BCUT2D eigenvalue weighted by molar-refractivity contribution is 5.97. The number of aromatic nitrogens is 2. The molecule has 0 aliphatic carbocycles. The second kappa shape index (κ2) is 7.69. The van der Waals surface area contributed by atoms with E-state index in [1.165, 1.54) is 24.5 Å². The Labute approximate surface area is 144 Å². The molecule has 0 atom stereocenters. The van der Waals surface area contributed by atoms with E-state index in [-0.39, 0.29) is 29.0 Å². The summed E-state index contributed by atoms with van der Waals surface area (Å²) in [6.45, 7) is 6.00. The number of ether oxygens (including phenoxy) is 1. The molecule has 132 valence electrons. The summed E-state index contributed by atoms with van der Waals surface area (Å²) in [7, 11) is 0. The molecule has 0 aliphatic heterocycles. The number of amides is 1. The zero-order chi connectivity index (χ0) is 18.6. The van der Waals surface area contributed by atoms with Crippen molar-refractivity contribution in [3.63, 3.8) is 0 Å². The first-order chi connectivity index (χ1) is 11.8. The van der Waals surface area contributed by atoms with E-state index in [1.54, 1.807) is 4.90 Å². The Morgan fingerprint density at radius 1 is 1.40 bits per heavy atom. The van der Waals surface area contributed by atoms with Gasteiger partial charge in [0, 0.05) is 12.6 Å². The summed E-state index contributed by atoms with van der Waals surface area (Å²) in [5.41, 5.74) is 0.0567. The maximum Gasteiger partial charge on any atom is 0.509 e. The van der Waals surface area contributed by atoms with Gasteiger partial charge in [-0.1, -0.05) is 4.98 Å². The fraction of sp³-hybridized carbons (Fsp3) is 0.294. The van der Waals surface area contributed by atoms with E-state index >= 15 is 0 Å². The van der Waals surface area contributed by atoms with Crippen molar-refractivity contribution in [2.45, 2.75) is 26.8 Å². The average Bonchev–Trinajstić information content (AvgIpc) is 2.57. The Morgan fingerprint density at radius 3 is 2.72 bits per heavy atom. The summed E-state index contributed by atoms with van der Waals surface area (Å²) < 4.78 is 20.1. The van der Waals surface area contributed by atoms with Gasteiger partial charge in [-0.05, 0) is 39.0 Å². The number of carboxylic acid groups (broad SMARTS) is 1.